The summed E-state index contributed by atoms with van der Waals surface area (Å²) in [6, 6.07) is 11.8. The Balaban J connectivity index is 2.71. The smallest absolute Gasteiger partial charge is 0.372 e. The Hall–Kier alpha value is -0.643. The molecular formula is C20H36O2Si. The quantitative estimate of drug-likeness (QED) is 0.327. The van der Waals surface area contributed by atoms with Crippen LogP contribution >= 0.6 is 0 Å². The molecule has 2 nitrogen and oxygen atoms in total. The Morgan fingerprint density at radius 2 is 1.26 bits per heavy atom. The van der Waals surface area contributed by atoms with Crippen molar-refractivity contribution in [2.24, 2.45) is 0 Å². The summed E-state index contributed by atoms with van der Waals surface area (Å²) in [5, 5.41) is 1.30. The van der Waals surface area contributed by atoms with Gasteiger partial charge in [0, 0.05) is 13.2 Å². The van der Waals surface area contributed by atoms with Crippen molar-refractivity contribution >= 4 is 13.7 Å². The Bertz CT molecular complexity index is 372. The van der Waals surface area contributed by atoms with Crippen LogP contribution in [0.3, 0.4) is 0 Å². The lowest BCUT2D eigenvalue weighted by atomic mass is 10.1. The monoisotopic (exact) mass is 336 g/mol. The highest BCUT2D eigenvalue weighted by molar-refractivity contribution is 6.81. The Morgan fingerprint density at radius 3 is 1.83 bits per heavy atom. The standard InChI is InChI=1S/C20H36O2Si/c1-4-7-8-9-10-14-19-23(21-17-5-2,22-18-6-3)20-15-12-11-13-16-20/h11-13,15-16H,4-10,14,17-19H2,1-3H3. The van der Waals surface area contributed by atoms with Crippen LogP contribution < -0.4 is 5.19 Å². The van der Waals surface area contributed by atoms with Gasteiger partial charge in [-0.15, -0.1) is 0 Å². The first-order valence-corrected chi connectivity index (χ1v) is 11.6. The zero-order chi connectivity index (χ0) is 16.8. The molecule has 0 aliphatic carbocycles. The van der Waals surface area contributed by atoms with Crippen LogP contribution in [0.4, 0.5) is 0 Å². The maximum absolute atomic E-state index is 6.41. The summed E-state index contributed by atoms with van der Waals surface area (Å²) >= 11 is 0. The van der Waals surface area contributed by atoms with Crippen LogP contribution in [0.5, 0.6) is 0 Å². The minimum Gasteiger partial charge on any atom is -0.391 e. The van der Waals surface area contributed by atoms with Gasteiger partial charge in [0.1, 0.15) is 0 Å². The van der Waals surface area contributed by atoms with E-state index in [9.17, 15) is 0 Å². The molecule has 0 unspecified atom stereocenters. The molecule has 0 spiro atoms. The molecule has 0 heterocycles. The summed E-state index contributed by atoms with van der Waals surface area (Å²) in [7, 11) is -2.28. The molecule has 132 valence electrons. The van der Waals surface area contributed by atoms with Gasteiger partial charge in [-0.25, -0.2) is 0 Å². The van der Waals surface area contributed by atoms with Crippen molar-refractivity contribution in [3.8, 4) is 0 Å². The van der Waals surface area contributed by atoms with Crippen molar-refractivity contribution in [3.63, 3.8) is 0 Å². The molecular weight excluding hydrogens is 300 g/mol. The molecule has 0 aromatic heterocycles. The molecule has 0 amide bonds. The van der Waals surface area contributed by atoms with Crippen LogP contribution in [0, 0.1) is 0 Å². The van der Waals surface area contributed by atoms with Gasteiger partial charge in [-0.1, -0.05) is 89.6 Å². The lowest BCUT2D eigenvalue weighted by molar-refractivity contribution is 0.178. The van der Waals surface area contributed by atoms with E-state index in [0.29, 0.717) is 0 Å². The van der Waals surface area contributed by atoms with E-state index in [2.05, 4.69) is 51.1 Å². The summed E-state index contributed by atoms with van der Waals surface area (Å²) in [5.74, 6) is 0. The molecule has 0 atom stereocenters. The molecule has 0 bridgehead atoms. The molecule has 0 N–H and O–H groups in total. The summed E-state index contributed by atoms with van der Waals surface area (Å²) in [5.41, 5.74) is 0. The molecule has 0 saturated carbocycles. The van der Waals surface area contributed by atoms with Crippen LogP contribution in [-0.2, 0) is 8.85 Å². The number of unbranched alkanes of at least 4 members (excludes halogenated alkanes) is 5. The van der Waals surface area contributed by atoms with Crippen molar-refractivity contribution in [1.82, 2.24) is 0 Å². The van der Waals surface area contributed by atoms with Gasteiger partial charge < -0.3 is 8.85 Å². The van der Waals surface area contributed by atoms with Gasteiger partial charge in [0.15, 0.2) is 0 Å². The number of hydrogen-bond donors (Lipinski definition) is 0. The molecule has 0 aliphatic heterocycles. The van der Waals surface area contributed by atoms with Crippen molar-refractivity contribution in [2.75, 3.05) is 13.2 Å². The van der Waals surface area contributed by atoms with Crippen molar-refractivity contribution in [2.45, 2.75) is 78.2 Å². The average Bonchev–Trinajstić information content (AvgIpc) is 2.60. The van der Waals surface area contributed by atoms with E-state index in [1.807, 2.05) is 0 Å². The molecule has 23 heavy (non-hydrogen) atoms. The molecule has 0 radical (unpaired) electrons. The van der Waals surface area contributed by atoms with E-state index in [4.69, 9.17) is 8.85 Å². The largest absolute Gasteiger partial charge is 0.391 e. The highest BCUT2D eigenvalue weighted by atomic mass is 28.4. The van der Waals surface area contributed by atoms with E-state index in [-0.39, 0.29) is 0 Å². The first-order valence-electron chi connectivity index (χ1n) is 9.62. The second-order valence-electron chi connectivity index (χ2n) is 6.33. The topological polar surface area (TPSA) is 18.5 Å². The maximum atomic E-state index is 6.41. The first kappa shape index (κ1) is 20.4. The van der Waals surface area contributed by atoms with Crippen molar-refractivity contribution in [1.29, 1.82) is 0 Å². The van der Waals surface area contributed by atoms with Gasteiger partial charge in [-0.3, -0.25) is 0 Å². The maximum Gasteiger partial charge on any atom is 0.372 e. The van der Waals surface area contributed by atoms with Crippen molar-refractivity contribution in [3.05, 3.63) is 30.3 Å². The average molecular weight is 337 g/mol. The van der Waals surface area contributed by atoms with Crippen LogP contribution in [0.2, 0.25) is 6.04 Å². The van der Waals surface area contributed by atoms with E-state index in [1.54, 1.807) is 0 Å². The second-order valence-corrected chi connectivity index (χ2v) is 9.49. The molecule has 1 rings (SSSR count). The summed E-state index contributed by atoms with van der Waals surface area (Å²) in [6.07, 6.45) is 9.99. The van der Waals surface area contributed by atoms with Gasteiger partial charge in [0.05, 0.1) is 0 Å². The molecule has 1 aromatic rings. The van der Waals surface area contributed by atoms with Crippen LogP contribution in [0.25, 0.3) is 0 Å². The third-order valence-corrected chi connectivity index (χ3v) is 7.72. The summed E-state index contributed by atoms with van der Waals surface area (Å²) in [4.78, 5) is 0. The van der Waals surface area contributed by atoms with E-state index < -0.39 is 8.56 Å². The molecule has 0 saturated heterocycles. The van der Waals surface area contributed by atoms with Crippen LogP contribution in [0.1, 0.15) is 72.1 Å². The zero-order valence-corrected chi connectivity index (χ0v) is 16.5. The minimum atomic E-state index is -2.28. The summed E-state index contributed by atoms with van der Waals surface area (Å²) < 4.78 is 12.8. The zero-order valence-electron chi connectivity index (χ0n) is 15.5. The fourth-order valence-corrected chi connectivity index (χ4v) is 6.34. The van der Waals surface area contributed by atoms with E-state index in [0.717, 1.165) is 32.1 Å². The van der Waals surface area contributed by atoms with Gasteiger partial charge in [0.2, 0.25) is 0 Å². The van der Waals surface area contributed by atoms with Crippen molar-refractivity contribution < 1.29 is 8.85 Å². The Labute approximate surface area is 144 Å². The molecule has 3 heteroatoms. The highest BCUT2D eigenvalue weighted by Crippen LogP contribution is 2.20. The normalized spacial score (nSPS) is 11.8. The van der Waals surface area contributed by atoms with Crippen LogP contribution in [-0.4, -0.2) is 21.8 Å². The fraction of sp³-hybridized carbons (Fsp3) is 0.700. The number of hydrogen-bond acceptors (Lipinski definition) is 2. The first-order chi connectivity index (χ1) is 11.3. The van der Waals surface area contributed by atoms with Gasteiger partial charge in [-0.05, 0) is 24.1 Å². The second kappa shape index (κ2) is 12.7. The lowest BCUT2D eigenvalue weighted by Crippen LogP contribution is -2.54. The van der Waals surface area contributed by atoms with Gasteiger partial charge >= 0.3 is 8.56 Å². The van der Waals surface area contributed by atoms with Crippen LogP contribution in [0.15, 0.2) is 30.3 Å². The Morgan fingerprint density at radius 1 is 0.696 bits per heavy atom. The number of rotatable bonds is 14. The predicted octanol–water partition coefficient (Wildman–Crippen LogP) is 5.55. The minimum absolute atomic E-state index is 0.806. The van der Waals surface area contributed by atoms with E-state index >= 15 is 0 Å². The summed E-state index contributed by atoms with van der Waals surface area (Å²) in [6.45, 7) is 8.23. The SMILES string of the molecule is CCCCCCCC[Si](OCCC)(OCCC)c1ccccc1. The lowest BCUT2D eigenvalue weighted by Gasteiger charge is -2.31. The predicted molar refractivity (Wildman–Crippen MR) is 102 cm³/mol. The van der Waals surface area contributed by atoms with Gasteiger partial charge in [-0.2, -0.15) is 0 Å². The fourth-order valence-electron chi connectivity index (χ4n) is 2.86. The molecule has 0 aliphatic rings. The molecule has 1 aromatic carbocycles. The van der Waals surface area contributed by atoms with Gasteiger partial charge in [0.25, 0.3) is 0 Å². The van der Waals surface area contributed by atoms with E-state index in [1.165, 1.54) is 43.7 Å². The molecule has 0 fully saturated rings. The number of benzene rings is 1. The highest BCUT2D eigenvalue weighted by Gasteiger charge is 2.39. The third-order valence-electron chi connectivity index (χ3n) is 4.15. The third kappa shape index (κ3) is 7.64. The Kier molecular flexibility index (Phi) is 11.3.